The highest BCUT2D eigenvalue weighted by atomic mass is 16.4. The van der Waals surface area contributed by atoms with Crippen molar-refractivity contribution in [3.05, 3.63) is 95.7 Å². The predicted molar refractivity (Wildman–Crippen MR) is 102 cm³/mol. The molecule has 5 aromatic rings. The van der Waals surface area contributed by atoms with E-state index in [0.717, 1.165) is 27.9 Å². The van der Waals surface area contributed by atoms with E-state index in [9.17, 15) is 5.11 Å². The molecule has 0 fully saturated rings. The molecule has 3 heterocycles. The van der Waals surface area contributed by atoms with E-state index < -0.39 is 0 Å². The van der Waals surface area contributed by atoms with E-state index in [2.05, 4.69) is 46.6 Å². The number of hydrogen-bond donors (Lipinski definition) is 3. The summed E-state index contributed by atoms with van der Waals surface area (Å²) in [5, 5.41) is 11.8. The van der Waals surface area contributed by atoms with Crippen molar-refractivity contribution in [1.29, 1.82) is 0 Å². The molecule has 0 aliphatic heterocycles. The number of aromatic amines is 2. The molecule has 0 bridgehead atoms. The van der Waals surface area contributed by atoms with E-state index in [1.165, 1.54) is 10.8 Å². The standard InChI is InChI=1S/C22H18N2O2/c25-13-14-9-10-21(26-14)22(17-11-23-19-7-3-1-5-15(17)19)18-12-24-20-8-4-2-6-16(18)20/h1-12,22-25H,13H2. The molecule has 0 aliphatic carbocycles. The average Bonchev–Trinajstić information content (AvgIpc) is 3.42. The molecule has 128 valence electrons. The second kappa shape index (κ2) is 5.93. The van der Waals surface area contributed by atoms with Gasteiger partial charge in [-0.25, -0.2) is 0 Å². The van der Waals surface area contributed by atoms with Crippen LogP contribution >= 0.6 is 0 Å². The predicted octanol–water partition coefficient (Wildman–Crippen LogP) is 4.91. The smallest absolute Gasteiger partial charge is 0.129 e. The van der Waals surface area contributed by atoms with Crippen molar-refractivity contribution in [2.24, 2.45) is 0 Å². The highest BCUT2D eigenvalue weighted by Gasteiger charge is 2.25. The molecule has 0 aliphatic rings. The minimum atomic E-state index is -0.103. The molecule has 4 heteroatoms. The second-order valence-corrected chi connectivity index (χ2v) is 6.47. The van der Waals surface area contributed by atoms with Crippen LogP contribution in [0.5, 0.6) is 0 Å². The summed E-state index contributed by atoms with van der Waals surface area (Å²) in [4.78, 5) is 6.74. The number of H-pyrrole nitrogens is 2. The number of aromatic nitrogens is 2. The highest BCUT2D eigenvalue weighted by Crippen LogP contribution is 2.39. The van der Waals surface area contributed by atoms with Crippen LogP contribution < -0.4 is 0 Å². The normalized spacial score (nSPS) is 11.8. The molecule has 5 rings (SSSR count). The largest absolute Gasteiger partial charge is 0.463 e. The van der Waals surface area contributed by atoms with Crippen molar-refractivity contribution >= 4 is 21.8 Å². The molecule has 26 heavy (non-hydrogen) atoms. The monoisotopic (exact) mass is 342 g/mol. The number of rotatable bonds is 4. The fourth-order valence-electron chi connectivity index (χ4n) is 3.77. The lowest BCUT2D eigenvalue weighted by atomic mass is 9.88. The Morgan fingerprint density at radius 3 is 1.88 bits per heavy atom. The number of fused-ring (bicyclic) bond motifs is 2. The van der Waals surface area contributed by atoms with Crippen molar-refractivity contribution in [3.63, 3.8) is 0 Å². The van der Waals surface area contributed by atoms with Gasteiger partial charge < -0.3 is 19.5 Å². The van der Waals surface area contributed by atoms with Crippen LogP contribution in [0.1, 0.15) is 28.6 Å². The lowest BCUT2D eigenvalue weighted by Gasteiger charge is -2.14. The summed E-state index contributed by atoms with van der Waals surface area (Å²) >= 11 is 0. The van der Waals surface area contributed by atoms with Gasteiger partial charge in [0.05, 0.1) is 5.92 Å². The van der Waals surface area contributed by atoms with Crippen LogP contribution in [0.3, 0.4) is 0 Å². The Morgan fingerprint density at radius 2 is 1.35 bits per heavy atom. The van der Waals surface area contributed by atoms with Crippen molar-refractivity contribution in [1.82, 2.24) is 9.97 Å². The van der Waals surface area contributed by atoms with Crippen molar-refractivity contribution in [2.45, 2.75) is 12.5 Å². The topological polar surface area (TPSA) is 64.9 Å². The lowest BCUT2D eigenvalue weighted by molar-refractivity contribution is 0.243. The zero-order valence-electron chi connectivity index (χ0n) is 14.1. The minimum absolute atomic E-state index is 0.0670. The van der Waals surface area contributed by atoms with Gasteiger partial charge in [-0.15, -0.1) is 0 Å². The molecule has 3 aromatic heterocycles. The summed E-state index contributed by atoms with van der Waals surface area (Å²) in [5.74, 6) is 1.33. The molecule has 0 atom stereocenters. The zero-order valence-corrected chi connectivity index (χ0v) is 14.1. The van der Waals surface area contributed by atoms with E-state index in [1.54, 1.807) is 0 Å². The van der Waals surface area contributed by atoms with Crippen LogP contribution in [0.25, 0.3) is 21.8 Å². The SMILES string of the molecule is OCc1ccc(C(c2c[nH]c3ccccc23)c2c[nH]c3ccccc23)o1. The molecule has 0 saturated heterocycles. The molecular weight excluding hydrogens is 324 g/mol. The Bertz CT molecular complexity index is 1120. The van der Waals surface area contributed by atoms with Crippen molar-refractivity contribution in [3.8, 4) is 0 Å². The fourth-order valence-corrected chi connectivity index (χ4v) is 3.77. The van der Waals surface area contributed by atoms with Gasteiger partial charge in [0.25, 0.3) is 0 Å². The van der Waals surface area contributed by atoms with Crippen LogP contribution in [0.4, 0.5) is 0 Å². The molecule has 0 saturated carbocycles. The quantitative estimate of drug-likeness (QED) is 0.434. The van der Waals surface area contributed by atoms with Gasteiger partial charge in [0.1, 0.15) is 18.1 Å². The van der Waals surface area contributed by atoms with E-state index in [1.807, 2.05) is 36.4 Å². The van der Waals surface area contributed by atoms with E-state index in [0.29, 0.717) is 5.76 Å². The van der Waals surface area contributed by atoms with Gasteiger partial charge in [0.15, 0.2) is 0 Å². The number of para-hydroxylation sites is 2. The first-order chi connectivity index (χ1) is 12.8. The molecule has 0 unspecified atom stereocenters. The van der Waals surface area contributed by atoms with Gasteiger partial charge in [0, 0.05) is 34.2 Å². The van der Waals surface area contributed by atoms with Gasteiger partial charge >= 0.3 is 0 Å². The third-order valence-corrected chi connectivity index (χ3v) is 4.99. The maximum Gasteiger partial charge on any atom is 0.129 e. The Balaban J connectivity index is 1.78. The van der Waals surface area contributed by atoms with Gasteiger partial charge in [0.2, 0.25) is 0 Å². The van der Waals surface area contributed by atoms with Crippen LogP contribution in [0.15, 0.2) is 77.5 Å². The number of hydrogen-bond acceptors (Lipinski definition) is 2. The molecule has 0 spiro atoms. The first-order valence-corrected chi connectivity index (χ1v) is 8.66. The Morgan fingerprint density at radius 1 is 0.769 bits per heavy atom. The molecule has 0 radical (unpaired) electrons. The lowest BCUT2D eigenvalue weighted by Crippen LogP contribution is -2.01. The average molecular weight is 342 g/mol. The highest BCUT2D eigenvalue weighted by molar-refractivity contribution is 5.88. The third kappa shape index (κ3) is 2.27. The minimum Gasteiger partial charge on any atom is -0.463 e. The summed E-state index contributed by atoms with van der Waals surface area (Å²) in [6.45, 7) is -0.103. The Kier molecular flexibility index (Phi) is 3.43. The zero-order chi connectivity index (χ0) is 17.5. The van der Waals surface area contributed by atoms with Gasteiger partial charge in [-0.05, 0) is 35.4 Å². The Labute approximate surface area is 150 Å². The van der Waals surface area contributed by atoms with Gasteiger partial charge in [-0.3, -0.25) is 0 Å². The number of aliphatic hydroxyl groups is 1. The van der Waals surface area contributed by atoms with Crippen LogP contribution in [-0.2, 0) is 6.61 Å². The number of nitrogens with one attached hydrogen (secondary N) is 2. The third-order valence-electron chi connectivity index (χ3n) is 4.99. The van der Waals surface area contributed by atoms with Crippen molar-refractivity contribution < 1.29 is 9.52 Å². The summed E-state index contributed by atoms with van der Waals surface area (Å²) in [5.41, 5.74) is 4.51. The fraction of sp³-hybridized carbons (Fsp3) is 0.0909. The maximum absolute atomic E-state index is 9.43. The van der Waals surface area contributed by atoms with E-state index >= 15 is 0 Å². The van der Waals surface area contributed by atoms with Crippen LogP contribution in [0, 0.1) is 0 Å². The molecule has 0 amide bonds. The molecule has 3 N–H and O–H groups in total. The molecular formula is C22H18N2O2. The van der Waals surface area contributed by atoms with E-state index in [4.69, 9.17) is 4.42 Å². The van der Waals surface area contributed by atoms with Gasteiger partial charge in [-0.1, -0.05) is 36.4 Å². The first-order valence-electron chi connectivity index (χ1n) is 8.66. The number of furan rings is 1. The summed E-state index contributed by atoms with van der Waals surface area (Å²) in [6, 6.07) is 20.4. The maximum atomic E-state index is 9.43. The molecule has 4 nitrogen and oxygen atoms in total. The number of aliphatic hydroxyl groups excluding tert-OH is 1. The van der Waals surface area contributed by atoms with Crippen molar-refractivity contribution in [2.75, 3.05) is 0 Å². The number of benzene rings is 2. The second-order valence-electron chi connectivity index (χ2n) is 6.47. The Hall–Kier alpha value is -3.24. The van der Waals surface area contributed by atoms with Crippen LogP contribution in [-0.4, -0.2) is 15.1 Å². The summed E-state index contributed by atoms with van der Waals surface area (Å²) in [6.07, 6.45) is 4.11. The molecule has 2 aromatic carbocycles. The summed E-state index contributed by atoms with van der Waals surface area (Å²) < 4.78 is 5.96. The van der Waals surface area contributed by atoms with Crippen LogP contribution in [0.2, 0.25) is 0 Å². The first kappa shape index (κ1) is 15.0. The van der Waals surface area contributed by atoms with Gasteiger partial charge in [-0.2, -0.15) is 0 Å². The van der Waals surface area contributed by atoms with E-state index in [-0.39, 0.29) is 12.5 Å². The summed E-state index contributed by atoms with van der Waals surface area (Å²) in [7, 11) is 0.